The Morgan fingerprint density at radius 1 is 0.524 bits per heavy atom. The minimum absolute atomic E-state index is 0.000455. The van der Waals surface area contributed by atoms with Gasteiger partial charge in [-0.3, -0.25) is 9.55 Å². The summed E-state index contributed by atoms with van der Waals surface area (Å²) in [7, 11) is 0. The number of pyridine rings is 1. The third-order valence-corrected chi connectivity index (χ3v) is 12.0. The van der Waals surface area contributed by atoms with Gasteiger partial charge < -0.3 is 5.11 Å². The highest BCUT2D eigenvalue weighted by Crippen LogP contribution is 2.46. The van der Waals surface area contributed by atoms with Crippen LogP contribution in [0.4, 0.5) is 0 Å². The summed E-state index contributed by atoms with van der Waals surface area (Å²) in [6, 6.07) is 35.1. The lowest BCUT2D eigenvalue weighted by Gasteiger charge is -2.28. The molecule has 4 nitrogen and oxygen atoms in total. The van der Waals surface area contributed by atoms with Crippen molar-refractivity contribution >= 4 is 11.0 Å². The number of fused-ring (bicyclic) bond motifs is 1. The Balaban J connectivity index is 1.44. The van der Waals surface area contributed by atoms with Gasteiger partial charge in [0.1, 0.15) is 11.6 Å². The average molecular weight is 837 g/mol. The van der Waals surface area contributed by atoms with Crippen molar-refractivity contribution < 1.29 is 14.7 Å². The molecule has 0 spiro atoms. The van der Waals surface area contributed by atoms with E-state index in [1.807, 2.05) is 12.1 Å². The lowest BCUT2D eigenvalue weighted by Crippen LogP contribution is -2.17. The molecule has 0 aliphatic heterocycles. The van der Waals surface area contributed by atoms with E-state index in [2.05, 4.69) is 173 Å². The summed E-state index contributed by atoms with van der Waals surface area (Å²) in [5.41, 5.74) is 11.0. The fourth-order valence-corrected chi connectivity index (χ4v) is 8.18. The van der Waals surface area contributed by atoms with E-state index in [1.165, 1.54) is 5.56 Å². The smallest absolute Gasteiger partial charge is 0.149 e. The standard InChI is InChI=1S/C59H63N3O/c1-37-22-24-38(25-23-37)40-28-29-60-50(33-40)42-30-41(31-44(32-42)57(5,6)7)46-20-17-21-52-53(46)61-55(48-35-45(58(8,9)10)36-49(54(48)63)59(11,12)13)62(52)51-27-26-43(56(2,3)4)34-47(51)39-18-15-14-16-19-39/h14-36,63H,1-13H3/i1D3,22D,23D,24D,25D. The van der Waals surface area contributed by atoms with Crippen molar-refractivity contribution in [2.45, 2.75) is 112 Å². The van der Waals surface area contributed by atoms with E-state index in [0.29, 0.717) is 22.6 Å². The predicted molar refractivity (Wildman–Crippen MR) is 267 cm³/mol. The molecule has 63 heavy (non-hydrogen) atoms. The van der Waals surface area contributed by atoms with Crippen LogP contribution in [0, 0.1) is 6.85 Å². The van der Waals surface area contributed by atoms with Gasteiger partial charge in [-0.05, 0) is 116 Å². The van der Waals surface area contributed by atoms with E-state index in [0.717, 1.165) is 61.2 Å². The van der Waals surface area contributed by atoms with E-state index in [-0.39, 0.29) is 33.0 Å². The molecule has 0 bridgehead atoms. The van der Waals surface area contributed by atoms with Crippen LogP contribution in [0.1, 0.15) is 120 Å². The normalized spacial score (nSPS) is 14.4. The van der Waals surface area contributed by atoms with Crippen molar-refractivity contribution in [1.82, 2.24) is 14.5 Å². The van der Waals surface area contributed by atoms with E-state index in [4.69, 9.17) is 19.6 Å². The van der Waals surface area contributed by atoms with Crippen LogP contribution in [-0.2, 0) is 21.7 Å². The molecule has 0 aliphatic carbocycles. The molecule has 2 heterocycles. The summed E-state index contributed by atoms with van der Waals surface area (Å²) in [4.78, 5) is 10.4. The Bertz CT molecular complexity index is 3310. The number of aromatic nitrogens is 3. The Morgan fingerprint density at radius 3 is 1.83 bits per heavy atom. The average Bonchev–Trinajstić information content (AvgIpc) is 3.66. The first kappa shape index (κ1) is 35.2. The van der Waals surface area contributed by atoms with Crippen LogP contribution in [-0.4, -0.2) is 19.6 Å². The Kier molecular flexibility index (Phi) is 8.85. The number of para-hydroxylation sites is 1. The molecule has 4 heteroatoms. The van der Waals surface area contributed by atoms with Crippen LogP contribution in [0.5, 0.6) is 5.75 Å². The number of nitrogens with zero attached hydrogens (tertiary/aromatic N) is 3. The Hall–Kier alpha value is -6.26. The lowest BCUT2D eigenvalue weighted by atomic mass is 9.79. The van der Waals surface area contributed by atoms with Gasteiger partial charge in [0.05, 0.1) is 33.5 Å². The number of aromatic hydroxyl groups is 1. The van der Waals surface area contributed by atoms with Crippen molar-refractivity contribution in [3.8, 4) is 67.5 Å². The van der Waals surface area contributed by atoms with Crippen LogP contribution in [0.2, 0.25) is 0 Å². The minimum atomic E-state index is -2.82. The molecule has 1 N–H and O–H groups in total. The van der Waals surface area contributed by atoms with Gasteiger partial charge in [0, 0.05) is 32.6 Å². The molecule has 0 radical (unpaired) electrons. The van der Waals surface area contributed by atoms with Gasteiger partial charge in [-0.1, -0.05) is 173 Å². The largest absolute Gasteiger partial charge is 0.507 e. The number of imidazole rings is 1. The van der Waals surface area contributed by atoms with Crippen LogP contribution in [0.15, 0.2) is 140 Å². The van der Waals surface area contributed by atoms with E-state index in [1.54, 1.807) is 18.3 Å². The van der Waals surface area contributed by atoms with Crippen molar-refractivity contribution in [3.63, 3.8) is 0 Å². The highest BCUT2D eigenvalue weighted by Gasteiger charge is 2.30. The molecule has 2 aromatic heterocycles. The van der Waals surface area contributed by atoms with Gasteiger partial charge in [-0.2, -0.15) is 0 Å². The highest BCUT2D eigenvalue weighted by molar-refractivity contribution is 5.98. The zero-order chi connectivity index (χ0) is 51.2. The maximum atomic E-state index is 12.6. The number of hydrogen-bond acceptors (Lipinski definition) is 3. The van der Waals surface area contributed by atoms with Crippen LogP contribution >= 0.6 is 0 Å². The van der Waals surface area contributed by atoms with Gasteiger partial charge in [0.15, 0.2) is 0 Å². The van der Waals surface area contributed by atoms with Gasteiger partial charge in [-0.15, -0.1) is 0 Å². The summed E-state index contributed by atoms with van der Waals surface area (Å²) in [5.74, 6) is 0.784. The zero-order valence-corrected chi connectivity index (χ0v) is 38.8. The maximum Gasteiger partial charge on any atom is 0.149 e. The third kappa shape index (κ3) is 8.61. The van der Waals surface area contributed by atoms with Gasteiger partial charge in [-0.25, -0.2) is 4.98 Å². The molecule has 0 unspecified atom stereocenters. The number of phenols is 1. The van der Waals surface area contributed by atoms with Gasteiger partial charge in [0.25, 0.3) is 0 Å². The molecule has 0 fully saturated rings. The molecule has 0 saturated heterocycles. The number of hydrogen-bond donors (Lipinski definition) is 1. The summed E-state index contributed by atoms with van der Waals surface area (Å²) in [6.07, 6.45) is 1.58. The van der Waals surface area contributed by atoms with Crippen LogP contribution in [0.3, 0.4) is 0 Å². The van der Waals surface area contributed by atoms with Crippen molar-refractivity contribution in [3.05, 3.63) is 167 Å². The van der Waals surface area contributed by atoms with Crippen molar-refractivity contribution in [2.75, 3.05) is 0 Å². The van der Waals surface area contributed by atoms with E-state index in [9.17, 15) is 5.11 Å². The summed E-state index contributed by atoms with van der Waals surface area (Å²) >= 11 is 0. The molecule has 0 saturated carbocycles. The number of benzene rings is 6. The second-order valence-electron chi connectivity index (χ2n) is 20.9. The maximum absolute atomic E-state index is 12.6. The SMILES string of the molecule is [2H]c1c([2H])c(C([2H])([2H])[2H])c([2H])c([2H])c1-c1ccnc(-c2cc(-c3cccc4c3nc(-c3cc(C(C)(C)C)cc(C(C)(C)C)c3O)n4-c3ccc(C(C)(C)C)cc3-c3ccccc3)cc(C(C)(C)C)c2)c1. The second-order valence-corrected chi connectivity index (χ2v) is 20.9. The first-order valence-corrected chi connectivity index (χ1v) is 21.8. The molecular formula is C59H63N3O. The van der Waals surface area contributed by atoms with Crippen molar-refractivity contribution in [2.24, 2.45) is 0 Å². The quantitative estimate of drug-likeness (QED) is 0.181. The lowest BCUT2D eigenvalue weighted by molar-refractivity contribution is 0.446. The molecule has 0 aliphatic rings. The molecular weight excluding hydrogens is 767 g/mol. The first-order chi connectivity index (χ1) is 32.5. The fourth-order valence-electron chi connectivity index (χ4n) is 8.18. The molecule has 0 amide bonds. The number of phenolic OH excluding ortho intramolecular Hbond substituents is 1. The van der Waals surface area contributed by atoms with Crippen LogP contribution < -0.4 is 0 Å². The van der Waals surface area contributed by atoms with Crippen molar-refractivity contribution in [1.29, 1.82) is 0 Å². The fraction of sp³-hybridized carbons (Fsp3) is 0.288. The number of rotatable bonds is 6. The topological polar surface area (TPSA) is 50.9 Å². The first-order valence-electron chi connectivity index (χ1n) is 25.3. The molecule has 8 aromatic rings. The zero-order valence-electron chi connectivity index (χ0n) is 45.8. The van der Waals surface area contributed by atoms with Gasteiger partial charge in [0.2, 0.25) is 0 Å². The Morgan fingerprint density at radius 2 is 1.17 bits per heavy atom. The summed E-state index contributed by atoms with van der Waals surface area (Å²) < 4.78 is 60.9. The van der Waals surface area contributed by atoms with E-state index < -0.39 is 36.6 Å². The van der Waals surface area contributed by atoms with Gasteiger partial charge >= 0.3 is 0 Å². The Labute approximate surface area is 385 Å². The molecule has 0 atom stereocenters. The molecule has 320 valence electrons. The third-order valence-electron chi connectivity index (χ3n) is 12.0. The second kappa shape index (κ2) is 15.8. The van der Waals surface area contributed by atoms with Crippen LogP contribution in [0.25, 0.3) is 72.7 Å². The summed E-state index contributed by atoms with van der Waals surface area (Å²) in [5, 5.41) is 12.6. The summed E-state index contributed by atoms with van der Waals surface area (Å²) in [6.45, 7) is 23.2. The molecule has 8 rings (SSSR count). The van der Waals surface area contributed by atoms with E-state index >= 15 is 0 Å². The predicted octanol–water partition coefficient (Wildman–Crippen LogP) is 16.0. The monoisotopic (exact) mass is 837 g/mol. The molecule has 6 aromatic carbocycles. The highest BCUT2D eigenvalue weighted by atomic mass is 16.3. The minimum Gasteiger partial charge on any atom is -0.507 e.